The second kappa shape index (κ2) is 6.00. The van der Waals surface area contributed by atoms with Gasteiger partial charge in [-0.05, 0) is 30.5 Å². The molecule has 1 aromatic rings. The van der Waals surface area contributed by atoms with Crippen molar-refractivity contribution in [3.63, 3.8) is 0 Å². The summed E-state index contributed by atoms with van der Waals surface area (Å²) in [5.74, 6) is 0.729. The lowest BCUT2D eigenvalue weighted by atomic mass is 10.2. The van der Waals surface area contributed by atoms with E-state index in [4.69, 9.17) is 9.84 Å². The summed E-state index contributed by atoms with van der Waals surface area (Å²) in [5.41, 5.74) is 0.832. The third kappa shape index (κ3) is 4.00. The van der Waals surface area contributed by atoms with Crippen LogP contribution in [0.15, 0.2) is 24.3 Å². The summed E-state index contributed by atoms with van der Waals surface area (Å²) in [4.78, 5) is 0. The van der Waals surface area contributed by atoms with Gasteiger partial charge in [0, 0.05) is 6.04 Å². The molecule has 0 saturated heterocycles. The van der Waals surface area contributed by atoms with Gasteiger partial charge in [-0.15, -0.1) is 0 Å². The molecule has 0 aliphatic heterocycles. The summed E-state index contributed by atoms with van der Waals surface area (Å²) in [7, 11) is 0. The van der Waals surface area contributed by atoms with Gasteiger partial charge >= 0.3 is 0 Å². The fourth-order valence-corrected chi connectivity index (χ4v) is 1.67. The van der Waals surface area contributed by atoms with Gasteiger partial charge in [0.1, 0.15) is 12.4 Å². The third-order valence-corrected chi connectivity index (χ3v) is 2.80. The van der Waals surface area contributed by atoms with Crippen molar-refractivity contribution in [2.75, 3.05) is 13.2 Å². The van der Waals surface area contributed by atoms with Crippen LogP contribution in [0.25, 0.3) is 0 Å². The highest BCUT2D eigenvalue weighted by molar-refractivity contribution is 5.28. The van der Waals surface area contributed by atoms with Crippen molar-refractivity contribution in [1.29, 1.82) is 0 Å². The zero-order chi connectivity index (χ0) is 12.1. The monoisotopic (exact) mass is 237 g/mol. The van der Waals surface area contributed by atoms with E-state index in [9.17, 15) is 5.11 Å². The average Bonchev–Trinajstić information content (AvgIpc) is 3.18. The first-order chi connectivity index (χ1) is 8.31. The standard InChI is InChI=1S/C13H19NO3/c15-7-10-2-1-3-13(6-10)17-9-12(8-16)14-11-4-5-11/h1-3,6,11-12,14-16H,4-5,7-9H2. The molecule has 1 aliphatic rings. The molecule has 1 aromatic carbocycles. The minimum absolute atomic E-state index is 0.0136. The van der Waals surface area contributed by atoms with Gasteiger partial charge in [0.05, 0.1) is 19.3 Å². The number of hydrogen-bond donors (Lipinski definition) is 3. The number of aliphatic hydroxyl groups is 2. The summed E-state index contributed by atoms with van der Waals surface area (Å²) < 4.78 is 5.60. The van der Waals surface area contributed by atoms with E-state index >= 15 is 0 Å². The van der Waals surface area contributed by atoms with Crippen molar-refractivity contribution >= 4 is 0 Å². The highest BCUT2D eigenvalue weighted by atomic mass is 16.5. The minimum atomic E-state index is -0.0136. The quantitative estimate of drug-likeness (QED) is 0.652. The minimum Gasteiger partial charge on any atom is -0.492 e. The number of hydrogen-bond acceptors (Lipinski definition) is 4. The first kappa shape index (κ1) is 12.4. The SMILES string of the molecule is OCc1cccc(OCC(CO)NC2CC2)c1. The van der Waals surface area contributed by atoms with Gasteiger partial charge in [0.25, 0.3) is 0 Å². The highest BCUT2D eigenvalue weighted by Gasteiger charge is 2.24. The smallest absolute Gasteiger partial charge is 0.119 e. The first-order valence-corrected chi connectivity index (χ1v) is 6.01. The van der Waals surface area contributed by atoms with Crippen LogP contribution in [-0.2, 0) is 6.61 Å². The summed E-state index contributed by atoms with van der Waals surface area (Å²) >= 11 is 0. The number of aliphatic hydroxyl groups excluding tert-OH is 2. The summed E-state index contributed by atoms with van der Waals surface area (Å²) in [6, 6.07) is 7.90. The number of rotatable bonds is 7. The van der Waals surface area contributed by atoms with Gasteiger partial charge in [-0.3, -0.25) is 0 Å². The van der Waals surface area contributed by atoms with Crippen LogP contribution in [0, 0.1) is 0 Å². The first-order valence-electron chi connectivity index (χ1n) is 6.01. The summed E-state index contributed by atoms with van der Waals surface area (Å²) in [5, 5.41) is 21.5. The molecule has 3 N–H and O–H groups in total. The molecular weight excluding hydrogens is 218 g/mol. The molecule has 1 saturated carbocycles. The number of benzene rings is 1. The Labute approximate surface area is 101 Å². The molecule has 0 spiro atoms. The molecule has 1 fully saturated rings. The van der Waals surface area contributed by atoms with Crippen LogP contribution < -0.4 is 10.1 Å². The van der Waals surface area contributed by atoms with E-state index in [0.717, 1.165) is 11.3 Å². The lowest BCUT2D eigenvalue weighted by Crippen LogP contribution is -2.39. The van der Waals surface area contributed by atoms with Crippen molar-refractivity contribution < 1.29 is 14.9 Å². The van der Waals surface area contributed by atoms with Crippen molar-refractivity contribution in [1.82, 2.24) is 5.32 Å². The lowest BCUT2D eigenvalue weighted by Gasteiger charge is -2.16. The Morgan fingerprint density at radius 1 is 1.35 bits per heavy atom. The van der Waals surface area contributed by atoms with E-state index in [1.807, 2.05) is 24.3 Å². The van der Waals surface area contributed by atoms with Crippen LogP contribution in [0.5, 0.6) is 5.75 Å². The van der Waals surface area contributed by atoms with E-state index in [-0.39, 0.29) is 19.3 Å². The van der Waals surface area contributed by atoms with E-state index < -0.39 is 0 Å². The number of ether oxygens (including phenoxy) is 1. The van der Waals surface area contributed by atoms with Crippen LogP contribution >= 0.6 is 0 Å². The molecule has 4 nitrogen and oxygen atoms in total. The molecule has 2 rings (SSSR count). The van der Waals surface area contributed by atoms with Crippen LogP contribution in [0.3, 0.4) is 0 Å². The van der Waals surface area contributed by atoms with Gasteiger partial charge in [0.15, 0.2) is 0 Å². The fourth-order valence-electron chi connectivity index (χ4n) is 1.67. The Hall–Kier alpha value is -1.10. The second-order valence-electron chi connectivity index (χ2n) is 4.44. The molecule has 17 heavy (non-hydrogen) atoms. The van der Waals surface area contributed by atoms with E-state index in [1.165, 1.54) is 12.8 Å². The zero-order valence-corrected chi connectivity index (χ0v) is 9.80. The maximum absolute atomic E-state index is 9.20. The van der Waals surface area contributed by atoms with Crippen LogP contribution in [0.4, 0.5) is 0 Å². The summed E-state index contributed by atoms with van der Waals surface area (Å²) in [6.07, 6.45) is 2.38. The molecule has 0 heterocycles. The molecular formula is C13H19NO3. The van der Waals surface area contributed by atoms with Gasteiger partial charge < -0.3 is 20.3 Å². The average molecular weight is 237 g/mol. The summed E-state index contributed by atoms with van der Waals surface area (Å²) in [6.45, 7) is 0.541. The van der Waals surface area contributed by atoms with Crippen molar-refractivity contribution in [3.05, 3.63) is 29.8 Å². The number of nitrogens with one attached hydrogen (secondary N) is 1. The molecule has 0 amide bonds. The molecule has 0 aromatic heterocycles. The normalized spacial score (nSPS) is 16.8. The zero-order valence-electron chi connectivity index (χ0n) is 9.80. The predicted octanol–water partition coefficient (Wildman–Crippen LogP) is 0.671. The topological polar surface area (TPSA) is 61.7 Å². The highest BCUT2D eigenvalue weighted by Crippen LogP contribution is 2.19. The van der Waals surface area contributed by atoms with E-state index in [2.05, 4.69) is 5.32 Å². The van der Waals surface area contributed by atoms with Crippen molar-refractivity contribution in [2.45, 2.75) is 31.5 Å². The van der Waals surface area contributed by atoms with Crippen LogP contribution in [0.1, 0.15) is 18.4 Å². The largest absolute Gasteiger partial charge is 0.492 e. The molecule has 1 unspecified atom stereocenters. The van der Waals surface area contributed by atoms with Gasteiger partial charge in [0.2, 0.25) is 0 Å². The molecule has 0 bridgehead atoms. The predicted molar refractivity (Wildman–Crippen MR) is 64.9 cm³/mol. The second-order valence-corrected chi connectivity index (χ2v) is 4.44. The molecule has 94 valence electrons. The Kier molecular flexibility index (Phi) is 4.36. The maximum Gasteiger partial charge on any atom is 0.119 e. The van der Waals surface area contributed by atoms with E-state index in [1.54, 1.807) is 0 Å². The van der Waals surface area contributed by atoms with Crippen LogP contribution in [-0.4, -0.2) is 35.5 Å². The molecule has 0 radical (unpaired) electrons. The Morgan fingerprint density at radius 2 is 2.18 bits per heavy atom. The van der Waals surface area contributed by atoms with Crippen LogP contribution in [0.2, 0.25) is 0 Å². The molecule has 1 aliphatic carbocycles. The lowest BCUT2D eigenvalue weighted by molar-refractivity contribution is 0.181. The van der Waals surface area contributed by atoms with Gasteiger partial charge in [-0.25, -0.2) is 0 Å². The third-order valence-electron chi connectivity index (χ3n) is 2.80. The fraction of sp³-hybridized carbons (Fsp3) is 0.538. The Bertz CT molecular complexity index is 352. The molecule has 4 heteroatoms. The van der Waals surface area contributed by atoms with Crippen molar-refractivity contribution in [2.24, 2.45) is 0 Å². The van der Waals surface area contributed by atoms with Gasteiger partial charge in [-0.1, -0.05) is 12.1 Å². The van der Waals surface area contributed by atoms with Crippen molar-refractivity contribution in [3.8, 4) is 5.75 Å². The Balaban J connectivity index is 1.82. The molecule has 1 atom stereocenters. The van der Waals surface area contributed by atoms with Gasteiger partial charge in [-0.2, -0.15) is 0 Å². The van der Waals surface area contributed by atoms with E-state index in [0.29, 0.717) is 12.6 Å². The maximum atomic E-state index is 9.20. The Morgan fingerprint density at radius 3 is 2.82 bits per heavy atom.